The molecule has 3 rings (SSSR count). The Kier molecular flexibility index (Phi) is 9.22. The number of carbonyl (C=O) groups excluding carboxylic acids is 2. The van der Waals surface area contributed by atoms with Crippen LogP contribution < -0.4 is 0 Å². The third-order valence-corrected chi connectivity index (χ3v) is 7.87. The maximum Gasteiger partial charge on any atom is 0.332 e. The summed E-state index contributed by atoms with van der Waals surface area (Å²) in [6.07, 6.45) is 7.28. The maximum atomic E-state index is 14.0. The van der Waals surface area contributed by atoms with Crippen molar-refractivity contribution in [2.45, 2.75) is 85.7 Å². The third-order valence-electron chi connectivity index (χ3n) is 7.87. The molecule has 2 fully saturated rings. The molecule has 2 unspecified atom stereocenters. The number of piperidine rings is 1. The molecule has 36 heavy (non-hydrogen) atoms. The molecule has 1 aliphatic heterocycles. The number of aliphatic carboxylic acids is 1. The molecular weight excluding hydrogens is 454 g/mol. The minimum Gasteiger partial charge on any atom is -0.478 e. The van der Waals surface area contributed by atoms with Crippen molar-refractivity contribution in [1.82, 2.24) is 4.90 Å². The van der Waals surface area contributed by atoms with E-state index in [0.717, 1.165) is 38.5 Å². The highest BCUT2D eigenvalue weighted by molar-refractivity contribution is 5.97. The molecular formula is C30H43NO5. The first-order chi connectivity index (χ1) is 16.9. The fraction of sp³-hybridized carbons (Fsp3) is 0.700. The fourth-order valence-electron chi connectivity index (χ4n) is 5.67. The van der Waals surface area contributed by atoms with Gasteiger partial charge in [0, 0.05) is 55.0 Å². The van der Waals surface area contributed by atoms with E-state index in [1.165, 1.54) is 0 Å². The normalized spacial score (nSPS) is 26.6. The van der Waals surface area contributed by atoms with Crippen molar-refractivity contribution in [2.24, 2.45) is 29.1 Å². The van der Waals surface area contributed by atoms with Crippen LogP contribution in [-0.4, -0.2) is 54.0 Å². The molecule has 6 heteroatoms. The maximum absolute atomic E-state index is 14.0. The average Bonchev–Trinajstić information content (AvgIpc) is 3.26. The summed E-state index contributed by atoms with van der Waals surface area (Å²) in [5.74, 6) is 4.22. The molecule has 0 aromatic heterocycles. The molecule has 1 saturated carbocycles. The Balaban J connectivity index is 1.99. The number of methoxy groups -OCH3 is 1. The molecule has 6 nitrogen and oxygen atoms in total. The molecule has 1 amide bonds. The van der Waals surface area contributed by atoms with Gasteiger partial charge in [0.1, 0.15) is 5.78 Å². The summed E-state index contributed by atoms with van der Waals surface area (Å²) >= 11 is 0. The number of amides is 1. The number of carbonyl (C=O) groups is 3. The van der Waals surface area contributed by atoms with Crippen LogP contribution in [-0.2, 0) is 19.1 Å². The molecule has 1 saturated heterocycles. The Morgan fingerprint density at radius 2 is 1.81 bits per heavy atom. The van der Waals surface area contributed by atoms with E-state index in [4.69, 9.17) is 4.74 Å². The molecule has 1 N–H and O–H groups in total. The Bertz CT molecular complexity index is 981. The van der Waals surface area contributed by atoms with Crippen LogP contribution >= 0.6 is 0 Å². The molecule has 0 spiro atoms. The highest BCUT2D eigenvalue weighted by Gasteiger charge is 2.42. The molecule has 0 aromatic rings. The number of ketones is 1. The quantitative estimate of drug-likeness (QED) is 0.499. The van der Waals surface area contributed by atoms with Gasteiger partial charge in [0.15, 0.2) is 0 Å². The van der Waals surface area contributed by atoms with Crippen molar-refractivity contribution in [2.75, 3.05) is 20.2 Å². The first kappa shape index (κ1) is 28.2. The van der Waals surface area contributed by atoms with Crippen molar-refractivity contribution in [3.05, 3.63) is 22.8 Å². The van der Waals surface area contributed by atoms with Crippen LogP contribution in [0.2, 0.25) is 0 Å². The lowest BCUT2D eigenvalue weighted by atomic mass is 9.72. The summed E-state index contributed by atoms with van der Waals surface area (Å²) in [5, 5.41) is 10.1. The number of ether oxygens (including phenoxy) is 1. The highest BCUT2D eigenvalue weighted by Crippen LogP contribution is 2.40. The molecule has 2 aliphatic carbocycles. The van der Waals surface area contributed by atoms with E-state index in [2.05, 4.69) is 18.8 Å². The van der Waals surface area contributed by atoms with E-state index in [1.807, 2.05) is 20.8 Å². The second-order valence-electron chi connectivity index (χ2n) is 12.0. The SMILES string of the molecule is COC1CCCN(C(=O)[C@H](C)C(C(=O)C2CCC(C)CC2)C2=C(C(=O)O)CC(C#CC(C)(C)C)=C2)C1. The van der Waals surface area contributed by atoms with Crippen molar-refractivity contribution in [1.29, 1.82) is 0 Å². The Morgan fingerprint density at radius 1 is 1.14 bits per heavy atom. The van der Waals surface area contributed by atoms with E-state index in [-0.39, 0.29) is 41.1 Å². The zero-order valence-corrected chi connectivity index (χ0v) is 22.9. The standard InChI is InChI=1S/C30H43NO5/c1-19-9-11-22(12-10-19)27(32)26(20(2)28(33)31-15-7-8-23(18-31)36-6)24-16-21(13-14-30(3,4)5)17-25(24)29(34)35/h16,19-20,22-23,26H,7-12,15,17-18H2,1-6H3,(H,34,35)/t19?,20-,22?,23?,26?/m1/s1. The van der Waals surface area contributed by atoms with E-state index < -0.39 is 17.8 Å². The monoisotopic (exact) mass is 497 g/mol. The predicted octanol–water partition coefficient (Wildman–Crippen LogP) is 5.03. The summed E-state index contributed by atoms with van der Waals surface area (Å²) in [6.45, 7) is 11.2. The lowest BCUT2D eigenvalue weighted by Gasteiger charge is -2.36. The van der Waals surface area contributed by atoms with Gasteiger partial charge in [-0.1, -0.05) is 38.5 Å². The lowest BCUT2D eigenvalue weighted by Crippen LogP contribution is -2.48. The van der Waals surface area contributed by atoms with Crippen LogP contribution in [0, 0.1) is 40.9 Å². The minimum atomic E-state index is -1.04. The van der Waals surface area contributed by atoms with Gasteiger partial charge in [0.05, 0.1) is 12.0 Å². The molecule has 1 heterocycles. The smallest absolute Gasteiger partial charge is 0.332 e. The zero-order valence-electron chi connectivity index (χ0n) is 22.9. The Labute approximate surface area is 216 Å². The minimum absolute atomic E-state index is 0.0108. The van der Waals surface area contributed by atoms with E-state index in [9.17, 15) is 19.5 Å². The van der Waals surface area contributed by atoms with Gasteiger partial charge in [-0.15, -0.1) is 0 Å². The number of hydrogen-bond acceptors (Lipinski definition) is 4. The van der Waals surface area contributed by atoms with Crippen molar-refractivity contribution in [3.8, 4) is 11.8 Å². The van der Waals surface area contributed by atoms with Crippen molar-refractivity contribution in [3.63, 3.8) is 0 Å². The highest BCUT2D eigenvalue weighted by atomic mass is 16.5. The van der Waals surface area contributed by atoms with E-state index >= 15 is 0 Å². The van der Waals surface area contributed by atoms with E-state index in [0.29, 0.717) is 30.2 Å². The molecule has 3 atom stereocenters. The first-order valence-electron chi connectivity index (χ1n) is 13.5. The van der Waals surface area contributed by atoms with Gasteiger partial charge in [-0.2, -0.15) is 0 Å². The number of Topliss-reactive ketones (excluding diaryl/α,β-unsaturated/α-hetero) is 1. The number of likely N-dealkylation sites (tertiary alicyclic amines) is 1. The Hall–Kier alpha value is -2.39. The number of allylic oxidation sites excluding steroid dienone is 3. The summed E-state index contributed by atoms with van der Waals surface area (Å²) < 4.78 is 5.51. The lowest BCUT2D eigenvalue weighted by molar-refractivity contribution is -0.143. The van der Waals surface area contributed by atoms with Gasteiger partial charge in [0.2, 0.25) is 5.91 Å². The number of carboxylic acids is 1. The summed E-state index contributed by atoms with van der Waals surface area (Å²) in [5.41, 5.74) is 1.15. The summed E-state index contributed by atoms with van der Waals surface area (Å²) in [6, 6.07) is 0. The molecule has 0 aromatic carbocycles. The average molecular weight is 498 g/mol. The van der Waals surface area contributed by atoms with Crippen molar-refractivity contribution < 1.29 is 24.2 Å². The van der Waals surface area contributed by atoms with Gasteiger partial charge >= 0.3 is 5.97 Å². The van der Waals surface area contributed by atoms with E-state index in [1.54, 1.807) is 25.0 Å². The van der Waals surface area contributed by atoms with Crippen LogP contribution in [0.1, 0.15) is 79.6 Å². The molecule has 3 aliphatic rings. The predicted molar refractivity (Wildman–Crippen MR) is 140 cm³/mol. The van der Waals surface area contributed by atoms with Gasteiger partial charge in [-0.05, 0) is 64.0 Å². The van der Waals surface area contributed by atoms with Gasteiger partial charge < -0.3 is 14.7 Å². The van der Waals surface area contributed by atoms with Crippen LogP contribution in [0.3, 0.4) is 0 Å². The number of hydrogen-bond donors (Lipinski definition) is 1. The zero-order chi connectivity index (χ0) is 26.6. The first-order valence-corrected chi connectivity index (χ1v) is 13.5. The fourth-order valence-corrected chi connectivity index (χ4v) is 5.67. The number of carboxylic acid groups (broad SMARTS) is 1. The van der Waals surface area contributed by atoms with Crippen LogP contribution in [0.15, 0.2) is 22.8 Å². The van der Waals surface area contributed by atoms with Gasteiger partial charge in [-0.3, -0.25) is 9.59 Å². The van der Waals surface area contributed by atoms with Crippen LogP contribution in [0.5, 0.6) is 0 Å². The van der Waals surface area contributed by atoms with Crippen LogP contribution in [0.4, 0.5) is 0 Å². The molecule has 198 valence electrons. The second-order valence-corrected chi connectivity index (χ2v) is 12.0. The number of rotatable bonds is 7. The molecule has 0 bridgehead atoms. The second kappa shape index (κ2) is 11.8. The summed E-state index contributed by atoms with van der Waals surface area (Å²) in [7, 11) is 1.66. The number of nitrogens with zero attached hydrogens (tertiary/aromatic N) is 1. The van der Waals surface area contributed by atoms with Gasteiger partial charge in [0.25, 0.3) is 0 Å². The summed E-state index contributed by atoms with van der Waals surface area (Å²) in [4.78, 5) is 41.9. The topological polar surface area (TPSA) is 83.9 Å². The largest absolute Gasteiger partial charge is 0.478 e. The molecule has 0 radical (unpaired) electrons. The van der Waals surface area contributed by atoms with Crippen LogP contribution in [0.25, 0.3) is 0 Å². The van der Waals surface area contributed by atoms with Gasteiger partial charge in [-0.25, -0.2) is 4.79 Å². The Morgan fingerprint density at radius 3 is 2.39 bits per heavy atom. The third kappa shape index (κ3) is 6.88. The van der Waals surface area contributed by atoms with Crippen molar-refractivity contribution >= 4 is 17.7 Å².